The molecule has 0 fully saturated rings. The molecule has 1 aliphatic heterocycles. The van der Waals surface area contributed by atoms with E-state index in [1.54, 1.807) is 40.4 Å². The molecule has 0 saturated carbocycles. The van der Waals surface area contributed by atoms with E-state index in [1.807, 2.05) is 72.3 Å². The number of anilines is 1. The van der Waals surface area contributed by atoms with Gasteiger partial charge in [-0.05, 0) is 48.6 Å². The summed E-state index contributed by atoms with van der Waals surface area (Å²) in [5, 5.41) is 10.1. The van der Waals surface area contributed by atoms with Crippen molar-refractivity contribution in [3.63, 3.8) is 0 Å². The van der Waals surface area contributed by atoms with Crippen LogP contribution in [0, 0.1) is 13.8 Å². The second kappa shape index (κ2) is 11.7. The Morgan fingerprint density at radius 2 is 1.90 bits per heavy atom. The quantitative estimate of drug-likeness (QED) is 0.252. The molecule has 5 aromatic rings. The third kappa shape index (κ3) is 5.55. The summed E-state index contributed by atoms with van der Waals surface area (Å²) < 4.78 is 1.87. The van der Waals surface area contributed by atoms with E-state index >= 15 is 0 Å². The van der Waals surface area contributed by atoms with Crippen LogP contribution >= 0.6 is 23.1 Å². The number of benzene rings is 2. The van der Waals surface area contributed by atoms with Crippen molar-refractivity contribution in [2.45, 2.75) is 25.6 Å². The first-order chi connectivity index (χ1) is 20.0. The van der Waals surface area contributed by atoms with Crippen LogP contribution in [-0.2, 0) is 16.1 Å². The Kier molecular flexibility index (Phi) is 7.71. The van der Waals surface area contributed by atoms with E-state index < -0.39 is 0 Å². The molecule has 2 aromatic carbocycles. The molecule has 0 spiro atoms. The first kappa shape index (κ1) is 27.0. The second-order valence-corrected chi connectivity index (χ2v) is 12.1. The maximum Gasteiger partial charge on any atom is 0.240 e. The number of nitrogens with one attached hydrogen (secondary N) is 1. The fraction of sp³-hybridized carbons (Fsp3) is 0.188. The first-order valence-corrected chi connectivity index (χ1v) is 15.3. The molecule has 0 bridgehead atoms. The Balaban J connectivity index is 1.52. The Morgan fingerprint density at radius 3 is 2.63 bits per heavy atom. The Morgan fingerprint density at radius 1 is 1.05 bits per heavy atom. The lowest BCUT2D eigenvalue weighted by molar-refractivity contribution is -0.123. The molecular formula is C32H29N5O2S2. The van der Waals surface area contributed by atoms with Crippen molar-refractivity contribution in [2.24, 2.45) is 0 Å². The van der Waals surface area contributed by atoms with Crippen molar-refractivity contribution in [2.75, 3.05) is 17.2 Å². The monoisotopic (exact) mass is 579 g/mol. The molecule has 0 saturated heterocycles. The molecule has 0 radical (unpaired) electrons. The second-order valence-electron chi connectivity index (χ2n) is 9.98. The molecule has 9 heteroatoms. The number of amides is 2. The number of rotatable bonds is 7. The van der Waals surface area contributed by atoms with Gasteiger partial charge in [0.1, 0.15) is 12.4 Å². The van der Waals surface area contributed by atoms with Gasteiger partial charge in [0.15, 0.2) is 0 Å². The number of pyridine rings is 1. The summed E-state index contributed by atoms with van der Waals surface area (Å²) in [6, 6.07) is 24.2. The van der Waals surface area contributed by atoms with Crippen molar-refractivity contribution in [3.05, 3.63) is 118 Å². The van der Waals surface area contributed by atoms with Crippen molar-refractivity contribution in [3.8, 4) is 16.9 Å². The number of fused-ring (bicyclic) bond motifs is 1. The van der Waals surface area contributed by atoms with Crippen molar-refractivity contribution < 1.29 is 9.59 Å². The van der Waals surface area contributed by atoms with Gasteiger partial charge in [0.05, 0.1) is 22.4 Å². The molecule has 3 aromatic heterocycles. The fourth-order valence-electron chi connectivity index (χ4n) is 5.11. The molecule has 6 rings (SSSR count). The molecule has 41 heavy (non-hydrogen) atoms. The Bertz CT molecular complexity index is 1680. The molecule has 1 atom stereocenters. The van der Waals surface area contributed by atoms with Crippen molar-refractivity contribution in [1.29, 1.82) is 0 Å². The van der Waals surface area contributed by atoms with E-state index in [-0.39, 0.29) is 29.4 Å². The summed E-state index contributed by atoms with van der Waals surface area (Å²) in [5.74, 6) is 0.509. The predicted octanol–water partition coefficient (Wildman–Crippen LogP) is 6.10. The fourth-order valence-corrected chi connectivity index (χ4v) is 7.28. The molecule has 2 amide bonds. The highest BCUT2D eigenvalue weighted by atomic mass is 32.2. The third-order valence-electron chi connectivity index (χ3n) is 7.03. The Labute approximate surface area is 247 Å². The summed E-state index contributed by atoms with van der Waals surface area (Å²) in [5.41, 5.74) is 6.65. The summed E-state index contributed by atoms with van der Waals surface area (Å²) in [6.07, 6.45) is 3.42. The number of hydrogen-bond donors (Lipinski definition) is 1. The topological polar surface area (TPSA) is 80.1 Å². The van der Waals surface area contributed by atoms with Crippen LogP contribution in [0.5, 0.6) is 0 Å². The lowest BCUT2D eigenvalue weighted by Gasteiger charge is -2.23. The van der Waals surface area contributed by atoms with Gasteiger partial charge in [-0.1, -0.05) is 60.2 Å². The number of hydrogen-bond acceptors (Lipinski definition) is 6. The highest BCUT2D eigenvalue weighted by molar-refractivity contribution is 8.00. The maximum absolute atomic E-state index is 13.8. The predicted molar refractivity (Wildman–Crippen MR) is 166 cm³/mol. The van der Waals surface area contributed by atoms with Gasteiger partial charge in [0, 0.05) is 34.9 Å². The van der Waals surface area contributed by atoms with Crippen molar-refractivity contribution in [1.82, 2.24) is 20.1 Å². The Hall–Kier alpha value is -4.21. The largest absolute Gasteiger partial charge is 0.350 e. The highest BCUT2D eigenvalue weighted by Crippen LogP contribution is 2.49. The van der Waals surface area contributed by atoms with Crippen LogP contribution < -0.4 is 10.2 Å². The number of nitrogens with zero attached hydrogens (tertiary/aromatic N) is 4. The van der Waals surface area contributed by atoms with Gasteiger partial charge in [-0.3, -0.25) is 19.5 Å². The van der Waals surface area contributed by atoms with Gasteiger partial charge in [-0.25, -0.2) is 4.68 Å². The number of thiophene rings is 1. The van der Waals surface area contributed by atoms with Gasteiger partial charge < -0.3 is 5.32 Å². The molecule has 0 aliphatic carbocycles. The number of thioether (sulfide) groups is 1. The van der Waals surface area contributed by atoms with Crippen LogP contribution in [0.3, 0.4) is 0 Å². The van der Waals surface area contributed by atoms with Crippen LogP contribution in [-0.4, -0.2) is 38.9 Å². The maximum atomic E-state index is 13.8. The molecular weight excluding hydrogens is 551 g/mol. The van der Waals surface area contributed by atoms with E-state index in [1.165, 1.54) is 0 Å². The smallest absolute Gasteiger partial charge is 0.240 e. The summed E-state index contributed by atoms with van der Waals surface area (Å²) in [4.78, 5) is 34.1. The molecule has 4 heterocycles. The van der Waals surface area contributed by atoms with Crippen LogP contribution in [0.15, 0.2) is 90.6 Å². The zero-order chi connectivity index (χ0) is 28.3. The molecule has 206 valence electrons. The average Bonchev–Trinajstić information content (AvgIpc) is 3.63. The van der Waals surface area contributed by atoms with Gasteiger partial charge >= 0.3 is 0 Å². The number of aryl methyl sites for hydroxylation is 2. The first-order valence-electron chi connectivity index (χ1n) is 13.4. The highest BCUT2D eigenvalue weighted by Gasteiger charge is 2.38. The van der Waals surface area contributed by atoms with Gasteiger partial charge in [-0.15, -0.1) is 23.1 Å². The molecule has 0 unspecified atom stereocenters. The van der Waals surface area contributed by atoms with Gasteiger partial charge in [0.2, 0.25) is 11.8 Å². The molecule has 7 nitrogen and oxygen atoms in total. The zero-order valence-corrected chi connectivity index (χ0v) is 24.4. The third-order valence-corrected chi connectivity index (χ3v) is 9.36. The summed E-state index contributed by atoms with van der Waals surface area (Å²) >= 11 is 3.25. The average molecular weight is 580 g/mol. The minimum absolute atomic E-state index is 0.116. The van der Waals surface area contributed by atoms with Crippen LogP contribution in [0.2, 0.25) is 0 Å². The van der Waals surface area contributed by atoms with E-state index in [4.69, 9.17) is 5.10 Å². The van der Waals surface area contributed by atoms with Crippen molar-refractivity contribution >= 4 is 40.7 Å². The van der Waals surface area contributed by atoms with Gasteiger partial charge in [-0.2, -0.15) is 5.10 Å². The minimum atomic E-state index is -0.248. The van der Waals surface area contributed by atoms with Crippen LogP contribution in [0.1, 0.15) is 32.4 Å². The van der Waals surface area contributed by atoms with Gasteiger partial charge in [0.25, 0.3) is 0 Å². The van der Waals surface area contributed by atoms with Crippen LogP contribution in [0.25, 0.3) is 16.9 Å². The molecule has 1 N–H and O–H groups in total. The summed E-state index contributed by atoms with van der Waals surface area (Å²) in [6.45, 7) is 4.32. The van der Waals surface area contributed by atoms with E-state index in [0.717, 1.165) is 44.1 Å². The summed E-state index contributed by atoms with van der Waals surface area (Å²) in [7, 11) is 0. The SMILES string of the molecule is Cc1ccc(-n2nc(-c3ccccc3)c3c2N(CC(=O)NCc2cccnc2)C(=O)CS[C@@H]3c2cccs2)c(C)c1. The number of aromatic nitrogens is 3. The van der Waals surface area contributed by atoms with E-state index in [9.17, 15) is 9.59 Å². The standard InChI is InChI=1S/C32H29N5O2S2/c1-21-12-13-25(22(2)16-21)37-32-29(30(35-37)24-9-4-3-5-10-24)31(26-11-7-15-40-26)41-20-28(39)36(32)19-27(38)34-18-23-8-6-14-33-17-23/h3-17,31H,18-20H2,1-2H3,(H,34,38)/t31-/m1/s1. The normalized spacial score (nSPS) is 14.9. The lowest BCUT2D eigenvalue weighted by Crippen LogP contribution is -2.42. The minimum Gasteiger partial charge on any atom is -0.350 e. The van der Waals surface area contributed by atoms with E-state index in [0.29, 0.717) is 12.4 Å². The zero-order valence-electron chi connectivity index (χ0n) is 22.8. The number of carbonyl (C=O) groups excluding carboxylic acids is 2. The lowest BCUT2D eigenvalue weighted by atomic mass is 10.0. The van der Waals surface area contributed by atoms with Crippen LogP contribution in [0.4, 0.5) is 5.82 Å². The number of carbonyl (C=O) groups is 2. The molecule has 1 aliphatic rings. The van der Waals surface area contributed by atoms with E-state index in [2.05, 4.69) is 34.7 Å².